The number of alkyl halides is 1. The molecule has 13 nitrogen and oxygen atoms in total. The van der Waals surface area contributed by atoms with Crippen molar-refractivity contribution in [3.8, 4) is 0 Å². The normalized spacial score (nSPS) is 12.1. The molecule has 57 heavy (non-hydrogen) atoms. The van der Waals surface area contributed by atoms with Gasteiger partial charge < -0.3 is 61.3 Å². The molecule has 0 aliphatic heterocycles. The summed E-state index contributed by atoms with van der Waals surface area (Å²) in [5, 5.41) is 2.47. The summed E-state index contributed by atoms with van der Waals surface area (Å²) in [5.74, 6) is 0.495. The van der Waals surface area contributed by atoms with E-state index in [9.17, 15) is 0 Å². The molecular formula is C42H71ClO13Si. The second-order valence-corrected chi connectivity index (χ2v) is 18.2. The molecule has 2 aromatic carbocycles. The fraction of sp³-hybridized carbons (Fsp3) is 0.714. The van der Waals surface area contributed by atoms with Crippen LogP contribution in [0.1, 0.15) is 20.8 Å². The Hall–Kier alpha value is -1.57. The van der Waals surface area contributed by atoms with Crippen LogP contribution in [0.3, 0.4) is 0 Å². The van der Waals surface area contributed by atoms with Gasteiger partial charge in [0.25, 0.3) is 8.32 Å². The topological polar surface area (TPSA) is 120 Å². The van der Waals surface area contributed by atoms with Crippen LogP contribution < -0.4 is 10.4 Å². The van der Waals surface area contributed by atoms with Crippen LogP contribution in [0, 0.1) is 0 Å². The van der Waals surface area contributed by atoms with E-state index in [1.54, 1.807) is 0 Å². The monoisotopic (exact) mass is 846 g/mol. The van der Waals surface area contributed by atoms with Crippen LogP contribution in [0.5, 0.6) is 0 Å². The summed E-state index contributed by atoms with van der Waals surface area (Å²) in [7, 11) is -2.54. The maximum atomic E-state index is 6.85. The fourth-order valence-electron chi connectivity index (χ4n) is 5.59. The molecule has 0 radical (unpaired) electrons. The number of halogens is 1. The smallest absolute Gasteiger partial charge is 0.261 e. The standard InChI is InChI=1S/C42H71ClO13Si/c1-42(2,3)57(40-10-6-4-7-11-40,41-12-8-5-9-13-41)56-39-38-55-37-36-54-35-34-53-33-32-52-31-30-51-29-28-50-27-26-49-25-24-48-23-22-47-21-20-46-19-18-45-17-16-44-15-14-43/h4-13H,14-39H2,1-3H3. The summed E-state index contributed by atoms with van der Waals surface area (Å²) >= 11 is 5.52. The average Bonchev–Trinajstić information content (AvgIpc) is 3.22. The molecule has 15 heteroatoms. The lowest BCUT2D eigenvalue weighted by Crippen LogP contribution is -2.66. The Balaban J connectivity index is 1.27. The lowest BCUT2D eigenvalue weighted by Gasteiger charge is -2.43. The molecule has 0 aromatic heterocycles. The average molecular weight is 848 g/mol. The van der Waals surface area contributed by atoms with Crippen molar-refractivity contribution in [2.75, 3.05) is 171 Å². The minimum atomic E-state index is -2.54. The highest BCUT2D eigenvalue weighted by Crippen LogP contribution is 2.36. The zero-order chi connectivity index (χ0) is 40.8. The first-order chi connectivity index (χ1) is 28.0. The highest BCUT2D eigenvalue weighted by atomic mass is 35.5. The van der Waals surface area contributed by atoms with E-state index in [4.69, 9.17) is 72.9 Å². The molecule has 0 aliphatic rings. The van der Waals surface area contributed by atoms with Crippen molar-refractivity contribution in [3.05, 3.63) is 60.7 Å². The van der Waals surface area contributed by atoms with Gasteiger partial charge in [0.1, 0.15) is 0 Å². The molecule has 0 spiro atoms. The summed E-state index contributed by atoms with van der Waals surface area (Å²) in [6, 6.07) is 21.3. The first kappa shape index (κ1) is 51.6. The zero-order valence-electron chi connectivity index (χ0n) is 34.8. The Labute approximate surface area is 348 Å². The Bertz CT molecular complexity index is 1090. The van der Waals surface area contributed by atoms with Crippen molar-refractivity contribution in [1.82, 2.24) is 0 Å². The molecule has 0 heterocycles. The molecule has 0 bridgehead atoms. The van der Waals surface area contributed by atoms with Gasteiger partial charge in [-0.05, 0) is 15.4 Å². The minimum Gasteiger partial charge on any atom is -0.405 e. The van der Waals surface area contributed by atoms with Gasteiger partial charge in [-0.25, -0.2) is 0 Å². The molecule has 2 aromatic rings. The Kier molecular flexibility index (Phi) is 32.8. The van der Waals surface area contributed by atoms with Gasteiger partial charge >= 0.3 is 0 Å². The van der Waals surface area contributed by atoms with Crippen LogP contribution in [0.25, 0.3) is 0 Å². The third kappa shape index (κ3) is 25.6. The van der Waals surface area contributed by atoms with E-state index in [0.717, 1.165) is 0 Å². The Morgan fingerprint density at radius 3 is 0.754 bits per heavy atom. The van der Waals surface area contributed by atoms with Crippen LogP contribution in [0.2, 0.25) is 5.04 Å². The second kappa shape index (κ2) is 36.3. The lowest BCUT2D eigenvalue weighted by molar-refractivity contribution is -0.0284. The van der Waals surface area contributed by atoms with Crippen LogP contribution in [-0.4, -0.2) is 179 Å². The summed E-state index contributed by atoms with van der Waals surface area (Å²) in [6.45, 7) is 19.6. The van der Waals surface area contributed by atoms with Gasteiger partial charge in [-0.15, -0.1) is 11.6 Å². The maximum absolute atomic E-state index is 6.85. The lowest BCUT2D eigenvalue weighted by atomic mass is 10.2. The van der Waals surface area contributed by atoms with Gasteiger partial charge in [0.2, 0.25) is 0 Å². The van der Waals surface area contributed by atoms with E-state index < -0.39 is 8.32 Å². The molecule has 0 atom stereocenters. The van der Waals surface area contributed by atoms with Crippen LogP contribution in [0.4, 0.5) is 0 Å². The van der Waals surface area contributed by atoms with Gasteiger partial charge in [-0.2, -0.15) is 0 Å². The van der Waals surface area contributed by atoms with E-state index >= 15 is 0 Å². The summed E-state index contributed by atoms with van der Waals surface area (Å²) in [5.41, 5.74) is 0. The van der Waals surface area contributed by atoms with Gasteiger partial charge in [-0.1, -0.05) is 81.4 Å². The van der Waals surface area contributed by atoms with E-state index in [1.165, 1.54) is 10.4 Å². The summed E-state index contributed by atoms with van der Waals surface area (Å²) in [6.07, 6.45) is 0. The molecule has 2 rings (SSSR count). The Morgan fingerprint density at radius 1 is 0.333 bits per heavy atom. The summed E-state index contributed by atoms with van der Waals surface area (Å²) < 4.78 is 73.0. The third-order valence-electron chi connectivity index (χ3n) is 8.28. The largest absolute Gasteiger partial charge is 0.405 e. The number of benzene rings is 2. The first-order valence-corrected chi connectivity index (χ1v) is 22.7. The van der Waals surface area contributed by atoms with Crippen LogP contribution in [0.15, 0.2) is 60.7 Å². The highest BCUT2D eigenvalue weighted by molar-refractivity contribution is 6.99. The summed E-state index contributed by atoms with van der Waals surface area (Å²) in [4.78, 5) is 0. The molecule has 0 N–H and O–H groups in total. The van der Waals surface area contributed by atoms with Gasteiger partial charge in [0.05, 0.1) is 165 Å². The fourth-order valence-corrected chi connectivity index (χ4v) is 10.2. The van der Waals surface area contributed by atoms with E-state index in [0.29, 0.717) is 171 Å². The maximum Gasteiger partial charge on any atom is 0.261 e. The molecule has 0 amide bonds. The van der Waals surface area contributed by atoms with E-state index in [2.05, 4.69) is 81.4 Å². The number of hydrogen-bond acceptors (Lipinski definition) is 13. The molecule has 328 valence electrons. The predicted octanol–water partition coefficient (Wildman–Crippen LogP) is 4.00. The molecule has 0 aliphatic carbocycles. The number of hydrogen-bond donors (Lipinski definition) is 0. The van der Waals surface area contributed by atoms with Gasteiger partial charge in [-0.3, -0.25) is 0 Å². The van der Waals surface area contributed by atoms with Crippen molar-refractivity contribution >= 4 is 30.3 Å². The predicted molar refractivity (Wildman–Crippen MR) is 224 cm³/mol. The molecule has 0 fully saturated rings. The van der Waals surface area contributed by atoms with Crippen molar-refractivity contribution in [1.29, 1.82) is 0 Å². The van der Waals surface area contributed by atoms with Crippen molar-refractivity contribution < 1.29 is 61.3 Å². The molecular weight excluding hydrogens is 776 g/mol. The molecule has 0 saturated carbocycles. The van der Waals surface area contributed by atoms with Crippen LogP contribution >= 0.6 is 11.6 Å². The number of ether oxygens (including phenoxy) is 12. The van der Waals surface area contributed by atoms with Crippen molar-refractivity contribution in [2.24, 2.45) is 0 Å². The van der Waals surface area contributed by atoms with E-state index in [1.807, 2.05) is 0 Å². The van der Waals surface area contributed by atoms with Crippen molar-refractivity contribution in [3.63, 3.8) is 0 Å². The first-order valence-electron chi connectivity index (χ1n) is 20.3. The molecule has 0 saturated heterocycles. The van der Waals surface area contributed by atoms with Crippen LogP contribution in [-0.2, 0) is 61.3 Å². The van der Waals surface area contributed by atoms with Gasteiger partial charge in [0.15, 0.2) is 0 Å². The van der Waals surface area contributed by atoms with Gasteiger partial charge in [0, 0.05) is 5.88 Å². The third-order valence-corrected chi connectivity index (χ3v) is 13.5. The molecule has 0 unspecified atom stereocenters. The second-order valence-electron chi connectivity index (χ2n) is 13.5. The quantitative estimate of drug-likeness (QED) is 0.0546. The van der Waals surface area contributed by atoms with Crippen molar-refractivity contribution in [2.45, 2.75) is 25.8 Å². The minimum absolute atomic E-state index is 0.0588. The number of rotatable bonds is 41. The zero-order valence-corrected chi connectivity index (χ0v) is 36.6. The Morgan fingerprint density at radius 2 is 0.544 bits per heavy atom. The highest BCUT2D eigenvalue weighted by Gasteiger charge is 2.50. The SMILES string of the molecule is CC(C)(C)[Si](OCCOCCOCCOCCOCCOCCOCCOCCOCCOCCOCCOCCOCCCl)(c1ccccc1)c1ccccc1. The van der Waals surface area contributed by atoms with E-state index in [-0.39, 0.29) is 5.04 Å².